The van der Waals surface area contributed by atoms with Gasteiger partial charge in [-0.05, 0) is 34.6 Å². The van der Waals surface area contributed by atoms with E-state index in [0.717, 1.165) is 0 Å². The number of nitrogens with zero attached hydrogens (tertiary/aromatic N) is 3. The lowest BCUT2D eigenvalue weighted by Crippen LogP contribution is -2.29. The molecule has 7 heteroatoms. The molecular formula is C12H20N4O3. The van der Waals surface area contributed by atoms with E-state index in [4.69, 9.17) is 4.74 Å². The average Bonchev–Trinajstić information content (AvgIpc) is 2.67. The fraction of sp³-hybridized carbons (Fsp3) is 0.667. The third kappa shape index (κ3) is 3.52. The van der Waals surface area contributed by atoms with Gasteiger partial charge in [0.2, 0.25) is 5.91 Å². The van der Waals surface area contributed by atoms with Crippen LogP contribution in [0.15, 0.2) is 0 Å². The fourth-order valence-electron chi connectivity index (χ4n) is 1.54. The molecule has 1 heterocycles. The highest BCUT2D eigenvalue weighted by Crippen LogP contribution is 2.15. The number of nitrogens with one attached hydrogen (secondary N) is 1. The van der Waals surface area contributed by atoms with Gasteiger partial charge >= 0.3 is 5.97 Å². The van der Waals surface area contributed by atoms with Crippen LogP contribution in [0, 0.1) is 6.92 Å². The van der Waals surface area contributed by atoms with E-state index in [-0.39, 0.29) is 11.6 Å². The minimum absolute atomic E-state index is 0.130. The Morgan fingerprint density at radius 2 is 1.95 bits per heavy atom. The van der Waals surface area contributed by atoms with Crippen LogP contribution in [0.25, 0.3) is 0 Å². The van der Waals surface area contributed by atoms with Crippen molar-refractivity contribution >= 4 is 11.9 Å². The molecule has 0 aliphatic carbocycles. The molecule has 0 spiro atoms. The van der Waals surface area contributed by atoms with Gasteiger partial charge in [0.25, 0.3) is 0 Å². The van der Waals surface area contributed by atoms with E-state index in [2.05, 4.69) is 15.6 Å². The SMILES string of the molecule is CNC(=O)C(C)n1nnc(C(=O)OC(C)(C)C)c1C. The highest BCUT2D eigenvalue weighted by molar-refractivity contribution is 5.88. The Morgan fingerprint density at radius 1 is 1.37 bits per heavy atom. The highest BCUT2D eigenvalue weighted by atomic mass is 16.6. The summed E-state index contributed by atoms with van der Waals surface area (Å²) in [6.07, 6.45) is 0. The van der Waals surface area contributed by atoms with Crippen molar-refractivity contribution in [3.63, 3.8) is 0 Å². The summed E-state index contributed by atoms with van der Waals surface area (Å²) in [4.78, 5) is 23.5. The molecule has 7 nitrogen and oxygen atoms in total. The van der Waals surface area contributed by atoms with Crippen LogP contribution < -0.4 is 5.32 Å². The van der Waals surface area contributed by atoms with Crippen molar-refractivity contribution in [2.24, 2.45) is 0 Å². The number of hydrogen-bond acceptors (Lipinski definition) is 5. The molecule has 19 heavy (non-hydrogen) atoms. The first-order valence-electron chi connectivity index (χ1n) is 6.04. The van der Waals surface area contributed by atoms with Crippen LogP contribution >= 0.6 is 0 Å². The lowest BCUT2D eigenvalue weighted by Gasteiger charge is -2.18. The molecule has 0 saturated carbocycles. The molecule has 1 aromatic heterocycles. The van der Waals surface area contributed by atoms with Crippen LogP contribution in [0.2, 0.25) is 0 Å². The third-order valence-corrected chi connectivity index (χ3v) is 2.51. The van der Waals surface area contributed by atoms with E-state index >= 15 is 0 Å². The Kier molecular flexibility index (Phi) is 4.28. The Balaban J connectivity index is 2.99. The summed E-state index contributed by atoms with van der Waals surface area (Å²) in [5, 5.41) is 10.2. The van der Waals surface area contributed by atoms with Gasteiger partial charge in [-0.2, -0.15) is 0 Å². The quantitative estimate of drug-likeness (QED) is 0.821. The van der Waals surface area contributed by atoms with Crippen LogP contribution in [0.5, 0.6) is 0 Å². The summed E-state index contributed by atoms with van der Waals surface area (Å²) < 4.78 is 6.63. The third-order valence-electron chi connectivity index (χ3n) is 2.51. The number of carbonyl (C=O) groups is 2. The number of amides is 1. The molecule has 0 bridgehead atoms. The van der Waals surface area contributed by atoms with Crippen LogP contribution in [0.4, 0.5) is 0 Å². The second-order valence-electron chi connectivity index (χ2n) is 5.26. The van der Waals surface area contributed by atoms with Gasteiger partial charge in [-0.1, -0.05) is 5.21 Å². The van der Waals surface area contributed by atoms with Crippen molar-refractivity contribution in [2.45, 2.75) is 46.3 Å². The van der Waals surface area contributed by atoms with Gasteiger partial charge in [-0.25, -0.2) is 9.48 Å². The van der Waals surface area contributed by atoms with Crippen molar-refractivity contribution in [1.82, 2.24) is 20.3 Å². The molecule has 0 fully saturated rings. The van der Waals surface area contributed by atoms with Crippen molar-refractivity contribution in [3.8, 4) is 0 Å². The summed E-state index contributed by atoms with van der Waals surface area (Å²) in [6.45, 7) is 8.69. The monoisotopic (exact) mass is 268 g/mol. The maximum Gasteiger partial charge on any atom is 0.361 e. The first-order chi connectivity index (χ1) is 8.67. The molecule has 1 N–H and O–H groups in total. The minimum Gasteiger partial charge on any atom is -0.455 e. The van der Waals surface area contributed by atoms with Gasteiger partial charge in [-0.15, -0.1) is 5.10 Å². The molecule has 1 amide bonds. The van der Waals surface area contributed by atoms with Gasteiger partial charge in [0.05, 0.1) is 5.69 Å². The van der Waals surface area contributed by atoms with E-state index in [1.54, 1.807) is 41.7 Å². The predicted molar refractivity (Wildman–Crippen MR) is 68.7 cm³/mol. The number of likely N-dealkylation sites (N-methyl/N-ethyl adjacent to an activating group) is 1. The summed E-state index contributed by atoms with van der Waals surface area (Å²) in [7, 11) is 1.54. The first-order valence-corrected chi connectivity index (χ1v) is 6.04. The molecule has 1 atom stereocenters. The second-order valence-corrected chi connectivity index (χ2v) is 5.26. The van der Waals surface area contributed by atoms with E-state index in [1.807, 2.05) is 0 Å². The standard InChI is InChI=1S/C12H20N4O3/c1-7-9(11(18)19-12(3,4)5)14-15-16(7)8(2)10(17)13-6/h8H,1-6H3,(H,13,17). The van der Waals surface area contributed by atoms with Crippen LogP contribution in [0.1, 0.15) is 49.9 Å². The summed E-state index contributed by atoms with van der Waals surface area (Å²) >= 11 is 0. The van der Waals surface area contributed by atoms with E-state index in [0.29, 0.717) is 5.69 Å². The van der Waals surface area contributed by atoms with Gasteiger partial charge in [0, 0.05) is 7.05 Å². The van der Waals surface area contributed by atoms with Gasteiger partial charge < -0.3 is 10.1 Å². The smallest absolute Gasteiger partial charge is 0.361 e. The summed E-state index contributed by atoms with van der Waals surface area (Å²) in [5.74, 6) is -0.746. The molecule has 106 valence electrons. The van der Waals surface area contributed by atoms with Gasteiger partial charge in [0.15, 0.2) is 5.69 Å². The van der Waals surface area contributed by atoms with Gasteiger partial charge in [-0.3, -0.25) is 4.79 Å². The maximum atomic E-state index is 11.9. The topological polar surface area (TPSA) is 86.1 Å². The number of ether oxygens (including phenoxy) is 1. The first kappa shape index (κ1) is 15.1. The summed E-state index contributed by atoms with van der Waals surface area (Å²) in [6, 6.07) is -0.534. The van der Waals surface area contributed by atoms with Crippen LogP contribution in [-0.4, -0.2) is 39.5 Å². The number of rotatable bonds is 3. The Labute approximate surface area is 112 Å². The number of carbonyl (C=O) groups excluding carboxylic acids is 2. The van der Waals surface area contributed by atoms with Crippen LogP contribution in [0.3, 0.4) is 0 Å². The molecule has 0 aliphatic rings. The molecule has 0 aromatic carbocycles. The molecule has 0 aliphatic heterocycles. The van der Waals surface area contributed by atoms with Crippen molar-refractivity contribution < 1.29 is 14.3 Å². The zero-order valence-corrected chi connectivity index (χ0v) is 12.1. The Hall–Kier alpha value is -1.92. The number of hydrogen-bond donors (Lipinski definition) is 1. The highest BCUT2D eigenvalue weighted by Gasteiger charge is 2.26. The van der Waals surface area contributed by atoms with Crippen molar-refractivity contribution in [3.05, 3.63) is 11.4 Å². The lowest BCUT2D eigenvalue weighted by molar-refractivity contribution is -0.123. The average molecular weight is 268 g/mol. The fourth-order valence-corrected chi connectivity index (χ4v) is 1.54. The number of aromatic nitrogens is 3. The predicted octanol–water partition coefficient (Wildman–Crippen LogP) is 0.849. The van der Waals surface area contributed by atoms with E-state index in [9.17, 15) is 9.59 Å². The normalized spacial score (nSPS) is 12.9. The molecular weight excluding hydrogens is 248 g/mol. The number of esters is 1. The Morgan fingerprint density at radius 3 is 2.42 bits per heavy atom. The Bertz CT molecular complexity index is 488. The molecule has 0 saturated heterocycles. The largest absolute Gasteiger partial charge is 0.455 e. The van der Waals surface area contributed by atoms with Crippen molar-refractivity contribution in [1.29, 1.82) is 0 Å². The molecule has 1 aromatic rings. The zero-order chi connectivity index (χ0) is 14.8. The van der Waals surface area contributed by atoms with Gasteiger partial charge in [0.1, 0.15) is 11.6 Å². The molecule has 1 unspecified atom stereocenters. The lowest BCUT2D eigenvalue weighted by atomic mass is 10.2. The minimum atomic E-state index is -0.598. The van der Waals surface area contributed by atoms with Crippen LogP contribution in [-0.2, 0) is 9.53 Å². The van der Waals surface area contributed by atoms with E-state index < -0.39 is 17.6 Å². The molecule has 1 rings (SSSR count). The van der Waals surface area contributed by atoms with Crippen molar-refractivity contribution in [2.75, 3.05) is 7.05 Å². The maximum absolute atomic E-state index is 11.9. The zero-order valence-electron chi connectivity index (χ0n) is 12.1. The molecule has 0 radical (unpaired) electrons. The summed E-state index contributed by atoms with van der Waals surface area (Å²) in [5.41, 5.74) is 0.0377. The van der Waals surface area contributed by atoms with E-state index in [1.165, 1.54) is 4.68 Å². The second kappa shape index (κ2) is 5.38.